The van der Waals surface area contributed by atoms with Crippen molar-refractivity contribution in [2.45, 2.75) is 44.0 Å². The summed E-state index contributed by atoms with van der Waals surface area (Å²) in [6.45, 7) is 3.36. The highest BCUT2D eigenvalue weighted by molar-refractivity contribution is 7.92. The van der Waals surface area contributed by atoms with E-state index in [1.54, 1.807) is 49.4 Å². The molecule has 7 heteroatoms. The molecule has 1 N–H and O–H groups in total. The van der Waals surface area contributed by atoms with Crippen LogP contribution in [0.4, 0.5) is 5.69 Å². The Bertz CT molecular complexity index is 1270. The predicted octanol–water partition coefficient (Wildman–Crippen LogP) is 5.35. The van der Waals surface area contributed by atoms with Crippen LogP contribution in [-0.4, -0.2) is 20.9 Å². The molecular weight excluding hydrogens is 456 g/mol. The molecule has 0 fully saturated rings. The lowest BCUT2D eigenvalue weighted by molar-refractivity contribution is -0.120. The van der Waals surface area contributed by atoms with Crippen LogP contribution in [0.3, 0.4) is 0 Å². The van der Waals surface area contributed by atoms with Gasteiger partial charge in [-0.3, -0.25) is 9.10 Å². The van der Waals surface area contributed by atoms with Gasteiger partial charge in [0, 0.05) is 5.02 Å². The van der Waals surface area contributed by atoms with Crippen LogP contribution in [0.5, 0.6) is 0 Å². The summed E-state index contributed by atoms with van der Waals surface area (Å²) in [6.07, 6.45) is 2.79. The van der Waals surface area contributed by atoms with Crippen LogP contribution in [-0.2, 0) is 21.2 Å². The number of hydrogen-bond acceptors (Lipinski definition) is 3. The molecule has 172 valence electrons. The Hall–Kier alpha value is -2.83. The molecule has 0 saturated carbocycles. The molecule has 0 heterocycles. The second kappa shape index (κ2) is 9.57. The lowest BCUT2D eigenvalue weighted by Gasteiger charge is -2.29. The van der Waals surface area contributed by atoms with E-state index in [0.29, 0.717) is 16.3 Å². The number of halogens is 1. The molecule has 0 aliphatic heterocycles. The van der Waals surface area contributed by atoms with Crippen LogP contribution < -0.4 is 9.62 Å². The molecular formula is C26H27ClN2O3S. The fraction of sp³-hybridized carbons (Fsp3) is 0.269. The van der Waals surface area contributed by atoms with Gasteiger partial charge in [-0.15, -0.1) is 0 Å². The van der Waals surface area contributed by atoms with Crippen molar-refractivity contribution in [1.82, 2.24) is 5.32 Å². The Balaban J connectivity index is 1.66. The maximum absolute atomic E-state index is 13.6. The minimum atomic E-state index is -3.97. The van der Waals surface area contributed by atoms with Gasteiger partial charge in [-0.25, -0.2) is 8.42 Å². The van der Waals surface area contributed by atoms with Gasteiger partial charge in [-0.1, -0.05) is 53.6 Å². The highest BCUT2D eigenvalue weighted by atomic mass is 35.5. The molecule has 0 saturated heterocycles. The first-order valence-corrected chi connectivity index (χ1v) is 12.8. The van der Waals surface area contributed by atoms with Crippen LogP contribution in [0.25, 0.3) is 0 Å². The molecule has 5 nitrogen and oxygen atoms in total. The van der Waals surface area contributed by atoms with Gasteiger partial charge in [-0.05, 0) is 80.1 Å². The van der Waals surface area contributed by atoms with E-state index in [-0.39, 0.29) is 23.4 Å². The van der Waals surface area contributed by atoms with E-state index >= 15 is 0 Å². The molecule has 1 aliphatic carbocycles. The first kappa shape index (κ1) is 23.3. The fourth-order valence-electron chi connectivity index (χ4n) is 4.31. The summed E-state index contributed by atoms with van der Waals surface area (Å²) >= 11 is 6.11. The maximum Gasteiger partial charge on any atom is 0.264 e. The lowest BCUT2D eigenvalue weighted by atomic mass is 9.88. The van der Waals surface area contributed by atoms with Crippen LogP contribution in [0.15, 0.2) is 71.6 Å². The molecule has 0 radical (unpaired) electrons. The van der Waals surface area contributed by atoms with Crippen molar-refractivity contribution < 1.29 is 13.2 Å². The number of sulfonamides is 1. The number of rotatable bonds is 6. The van der Waals surface area contributed by atoms with E-state index < -0.39 is 10.0 Å². The predicted molar refractivity (Wildman–Crippen MR) is 132 cm³/mol. The zero-order valence-corrected chi connectivity index (χ0v) is 20.3. The number of nitrogens with zero attached hydrogens (tertiary/aromatic N) is 1. The molecule has 33 heavy (non-hydrogen) atoms. The molecule has 3 aromatic rings. The summed E-state index contributed by atoms with van der Waals surface area (Å²) < 4.78 is 28.4. The van der Waals surface area contributed by atoms with Crippen LogP contribution >= 0.6 is 11.6 Å². The fourth-order valence-corrected chi connectivity index (χ4v) is 6.02. The van der Waals surface area contributed by atoms with E-state index in [2.05, 4.69) is 11.4 Å². The SMILES string of the molecule is Cc1ccc(S(=O)(=O)N(CC(=O)NC2CCCc3ccccc32)c2ccc(Cl)cc2C)cc1. The van der Waals surface area contributed by atoms with E-state index in [1.165, 1.54) is 9.87 Å². The summed E-state index contributed by atoms with van der Waals surface area (Å²) in [7, 11) is -3.97. The van der Waals surface area contributed by atoms with Crippen molar-refractivity contribution in [2.75, 3.05) is 10.8 Å². The van der Waals surface area contributed by atoms with Crippen molar-refractivity contribution in [3.8, 4) is 0 Å². The number of nitrogens with one attached hydrogen (secondary N) is 1. The Morgan fingerprint density at radius 1 is 1.06 bits per heavy atom. The second-order valence-electron chi connectivity index (χ2n) is 8.47. The smallest absolute Gasteiger partial charge is 0.264 e. The molecule has 1 atom stereocenters. The monoisotopic (exact) mass is 482 g/mol. The Kier molecular flexibility index (Phi) is 6.77. The molecule has 0 aromatic heterocycles. The Morgan fingerprint density at radius 3 is 2.52 bits per heavy atom. The largest absolute Gasteiger partial charge is 0.348 e. The average Bonchev–Trinajstić information content (AvgIpc) is 2.78. The molecule has 4 rings (SSSR count). The van der Waals surface area contributed by atoms with Gasteiger partial charge in [0.25, 0.3) is 10.0 Å². The van der Waals surface area contributed by atoms with Gasteiger partial charge in [0.05, 0.1) is 16.6 Å². The van der Waals surface area contributed by atoms with Crippen LogP contribution in [0.2, 0.25) is 5.02 Å². The van der Waals surface area contributed by atoms with E-state index in [4.69, 9.17) is 11.6 Å². The summed E-state index contributed by atoms with van der Waals surface area (Å²) in [5, 5.41) is 3.57. The van der Waals surface area contributed by atoms with Gasteiger partial charge in [-0.2, -0.15) is 0 Å². The normalized spacial score (nSPS) is 15.5. The Labute approximate surface area is 200 Å². The first-order valence-electron chi connectivity index (χ1n) is 11.0. The van der Waals surface area contributed by atoms with Crippen LogP contribution in [0.1, 0.15) is 41.1 Å². The number of fused-ring (bicyclic) bond motifs is 1. The van der Waals surface area contributed by atoms with E-state index in [1.807, 2.05) is 25.1 Å². The van der Waals surface area contributed by atoms with Gasteiger partial charge in [0.1, 0.15) is 6.54 Å². The van der Waals surface area contributed by atoms with Crippen molar-refractivity contribution in [1.29, 1.82) is 0 Å². The number of carbonyl (C=O) groups is 1. The van der Waals surface area contributed by atoms with Crippen molar-refractivity contribution in [3.63, 3.8) is 0 Å². The minimum absolute atomic E-state index is 0.127. The third-order valence-electron chi connectivity index (χ3n) is 6.03. The minimum Gasteiger partial charge on any atom is -0.348 e. The van der Waals surface area contributed by atoms with E-state index in [0.717, 1.165) is 30.4 Å². The molecule has 0 spiro atoms. The molecule has 0 bridgehead atoms. The highest BCUT2D eigenvalue weighted by Crippen LogP contribution is 2.31. The number of amides is 1. The van der Waals surface area contributed by atoms with Crippen molar-refractivity contribution in [2.24, 2.45) is 0 Å². The van der Waals surface area contributed by atoms with Gasteiger partial charge in [0.2, 0.25) is 5.91 Å². The number of aryl methyl sites for hydroxylation is 3. The maximum atomic E-state index is 13.6. The third-order valence-corrected chi connectivity index (χ3v) is 8.04. The van der Waals surface area contributed by atoms with Crippen molar-refractivity contribution in [3.05, 3.63) is 94.0 Å². The lowest BCUT2D eigenvalue weighted by Crippen LogP contribution is -2.42. The van der Waals surface area contributed by atoms with Crippen molar-refractivity contribution >= 4 is 33.2 Å². The number of anilines is 1. The average molecular weight is 483 g/mol. The van der Waals surface area contributed by atoms with Gasteiger partial charge in [0.15, 0.2) is 0 Å². The number of carbonyl (C=O) groups excluding carboxylic acids is 1. The number of benzene rings is 3. The quantitative estimate of drug-likeness (QED) is 0.515. The summed E-state index contributed by atoms with van der Waals surface area (Å²) in [6, 6.07) is 19.6. The van der Waals surface area contributed by atoms with Crippen LogP contribution in [0, 0.1) is 13.8 Å². The standard InChI is InChI=1S/C26H27ClN2O3S/c1-18-10-13-22(14-11-18)33(31,32)29(25-15-12-21(27)16-19(25)2)17-26(30)28-24-9-5-7-20-6-3-4-8-23(20)24/h3-4,6,8,10-16,24H,5,7,9,17H2,1-2H3,(H,28,30). The zero-order chi connectivity index (χ0) is 23.6. The molecule has 3 aromatic carbocycles. The summed E-state index contributed by atoms with van der Waals surface area (Å²) in [4.78, 5) is 13.3. The summed E-state index contributed by atoms with van der Waals surface area (Å²) in [5.41, 5.74) is 4.39. The highest BCUT2D eigenvalue weighted by Gasteiger charge is 2.30. The molecule has 1 amide bonds. The first-order chi connectivity index (χ1) is 15.8. The topological polar surface area (TPSA) is 66.5 Å². The summed E-state index contributed by atoms with van der Waals surface area (Å²) in [5.74, 6) is -0.346. The number of hydrogen-bond donors (Lipinski definition) is 1. The Morgan fingerprint density at radius 2 is 1.79 bits per heavy atom. The van der Waals surface area contributed by atoms with Gasteiger partial charge >= 0.3 is 0 Å². The van der Waals surface area contributed by atoms with E-state index in [9.17, 15) is 13.2 Å². The molecule has 1 unspecified atom stereocenters. The molecule has 1 aliphatic rings. The third kappa shape index (κ3) is 5.07. The van der Waals surface area contributed by atoms with Gasteiger partial charge < -0.3 is 5.32 Å². The zero-order valence-electron chi connectivity index (χ0n) is 18.7. The second-order valence-corrected chi connectivity index (χ2v) is 10.8.